The van der Waals surface area contributed by atoms with Crippen LogP contribution in [-0.4, -0.2) is 46.5 Å². The van der Waals surface area contributed by atoms with Gasteiger partial charge in [0.15, 0.2) is 0 Å². The summed E-state index contributed by atoms with van der Waals surface area (Å²) >= 11 is 4.09. The van der Waals surface area contributed by atoms with Crippen molar-refractivity contribution in [3.63, 3.8) is 0 Å². The first kappa shape index (κ1) is 17.7. The maximum Gasteiger partial charge on any atom is 0.0843 e. The standard InChI is InChI=1S/C18H35BrN2/c1-3-5-7-9-11-18(12-10-8-6-4-2)17(19)20-13-15-21(18)16-14-20/h17H,3-16H2,1-2H3. The van der Waals surface area contributed by atoms with Crippen molar-refractivity contribution in [1.82, 2.24) is 9.80 Å². The van der Waals surface area contributed by atoms with E-state index in [-0.39, 0.29) is 0 Å². The van der Waals surface area contributed by atoms with Crippen molar-refractivity contribution in [2.24, 2.45) is 0 Å². The highest BCUT2D eigenvalue weighted by atomic mass is 79.9. The van der Waals surface area contributed by atoms with Crippen LogP contribution in [0.2, 0.25) is 0 Å². The molecule has 0 aliphatic carbocycles. The number of halogens is 1. The van der Waals surface area contributed by atoms with Gasteiger partial charge in [-0.2, -0.15) is 0 Å². The van der Waals surface area contributed by atoms with Gasteiger partial charge in [-0.1, -0.05) is 81.1 Å². The van der Waals surface area contributed by atoms with Crippen LogP contribution in [0.3, 0.4) is 0 Å². The fourth-order valence-corrected chi connectivity index (χ4v) is 5.44. The maximum absolute atomic E-state index is 4.09. The molecule has 3 heteroatoms. The quantitative estimate of drug-likeness (QED) is 0.307. The number of alkyl halides is 1. The average Bonchev–Trinajstić information content (AvgIpc) is 2.52. The van der Waals surface area contributed by atoms with Crippen LogP contribution in [-0.2, 0) is 0 Å². The van der Waals surface area contributed by atoms with Gasteiger partial charge in [0.25, 0.3) is 0 Å². The van der Waals surface area contributed by atoms with Crippen molar-refractivity contribution in [1.29, 1.82) is 0 Å². The minimum absolute atomic E-state index is 0.429. The van der Waals surface area contributed by atoms with Crippen LogP contribution in [0.4, 0.5) is 0 Å². The molecule has 0 N–H and O–H groups in total. The van der Waals surface area contributed by atoms with Gasteiger partial charge in [0.2, 0.25) is 0 Å². The molecular weight excluding hydrogens is 324 g/mol. The van der Waals surface area contributed by atoms with E-state index >= 15 is 0 Å². The molecule has 3 aliphatic rings. The van der Waals surface area contributed by atoms with E-state index in [2.05, 4.69) is 39.6 Å². The first-order valence-electron chi connectivity index (χ1n) is 9.37. The van der Waals surface area contributed by atoms with Crippen molar-refractivity contribution in [3.8, 4) is 0 Å². The van der Waals surface area contributed by atoms with Gasteiger partial charge in [-0.3, -0.25) is 9.80 Å². The molecule has 0 saturated carbocycles. The zero-order valence-corrected chi connectivity index (χ0v) is 15.8. The van der Waals surface area contributed by atoms with Crippen LogP contribution in [0, 0.1) is 0 Å². The van der Waals surface area contributed by atoms with Crippen LogP contribution in [0.15, 0.2) is 0 Å². The highest BCUT2D eigenvalue weighted by molar-refractivity contribution is 9.09. The largest absolute Gasteiger partial charge is 0.293 e. The van der Waals surface area contributed by atoms with Crippen LogP contribution >= 0.6 is 15.9 Å². The van der Waals surface area contributed by atoms with Gasteiger partial charge in [0.1, 0.15) is 0 Å². The first-order valence-corrected chi connectivity index (χ1v) is 10.3. The van der Waals surface area contributed by atoms with Crippen LogP contribution < -0.4 is 0 Å². The number of fused-ring (bicyclic) bond motifs is 3. The summed E-state index contributed by atoms with van der Waals surface area (Å²) < 4.78 is 0. The molecule has 1 atom stereocenters. The van der Waals surface area contributed by atoms with E-state index in [4.69, 9.17) is 0 Å². The Morgan fingerprint density at radius 3 is 1.76 bits per heavy atom. The topological polar surface area (TPSA) is 6.48 Å². The fourth-order valence-electron chi connectivity index (χ4n) is 4.28. The van der Waals surface area contributed by atoms with Gasteiger partial charge >= 0.3 is 0 Å². The predicted molar refractivity (Wildman–Crippen MR) is 96.1 cm³/mol. The molecule has 2 nitrogen and oxygen atoms in total. The molecule has 3 aliphatic heterocycles. The summed E-state index contributed by atoms with van der Waals surface area (Å²) in [4.78, 5) is 6.12. The lowest BCUT2D eigenvalue weighted by Gasteiger charge is -2.59. The van der Waals surface area contributed by atoms with E-state index in [1.807, 2.05) is 0 Å². The summed E-state index contributed by atoms with van der Waals surface area (Å²) in [7, 11) is 0. The zero-order chi connectivity index (χ0) is 15.1. The summed E-state index contributed by atoms with van der Waals surface area (Å²) in [5.41, 5.74) is 0.429. The minimum atomic E-state index is 0.429. The van der Waals surface area contributed by atoms with Crippen LogP contribution in [0.5, 0.6) is 0 Å². The van der Waals surface area contributed by atoms with Crippen molar-refractivity contribution in [2.75, 3.05) is 26.2 Å². The number of piperazine rings is 3. The van der Waals surface area contributed by atoms with E-state index in [0.717, 1.165) is 0 Å². The summed E-state index contributed by atoms with van der Waals surface area (Å²) in [6, 6.07) is 0. The third-order valence-corrected chi connectivity index (χ3v) is 7.07. The maximum atomic E-state index is 4.09. The van der Waals surface area contributed by atoms with Crippen LogP contribution in [0.1, 0.15) is 78.1 Å². The Morgan fingerprint density at radius 2 is 1.33 bits per heavy atom. The number of rotatable bonds is 10. The highest BCUT2D eigenvalue weighted by Gasteiger charge is 2.50. The Kier molecular flexibility index (Phi) is 7.51. The Balaban J connectivity index is 1.95. The van der Waals surface area contributed by atoms with Crippen molar-refractivity contribution < 1.29 is 0 Å². The lowest BCUT2D eigenvalue weighted by atomic mass is 9.81. The second-order valence-electron chi connectivity index (χ2n) is 7.08. The number of unbranched alkanes of at least 4 members (excludes halogenated alkanes) is 6. The smallest absolute Gasteiger partial charge is 0.0843 e. The number of nitrogens with zero attached hydrogens (tertiary/aromatic N) is 2. The third-order valence-electron chi connectivity index (χ3n) is 5.63. The summed E-state index contributed by atoms with van der Waals surface area (Å²) in [5.74, 6) is 0. The fraction of sp³-hybridized carbons (Fsp3) is 1.00. The molecule has 3 rings (SSSR count). The molecule has 0 aromatic heterocycles. The number of hydrogen-bond donors (Lipinski definition) is 0. The van der Waals surface area contributed by atoms with Gasteiger partial charge in [0.05, 0.1) is 4.95 Å². The zero-order valence-electron chi connectivity index (χ0n) is 14.2. The Hall–Kier alpha value is 0.400. The molecule has 0 aromatic rings. The van der Waals surface area contributed by atoms with E-state index in [1.54, 1.807) is 0 Å². The van der Waals surface area contributed by atoms with Gasteiger partial charge in [-0.05, 0) is 12.8 Å². The molecule has 0 aromatic carbocycles. The first-order chi connectivity index (χ1) is 10.2. The molecule has 21 heavy (non-hydrogen) atoms. The number of hydrogen-bond acceptors (Lipinski definition) is 2. The summed E-state index contributed by atoms with van der Waals surface area (Å²) in [6.07, 6.45) is 13.9. The molecule has 0 amide bonds. The predicted octanol–water partition coefficient (Wildman–Crippen LogP) is 5.02. The second-order valence-corrected chi connectivity index (χ2v) is 7.95. The van der Waals surface area contributed by atoms with Gasteiger partial charge in [0, 0.05) is 31.7 Å². The molecule has 0 radical (unpaired) electrons. The highest BCUT2D eigenvalue weighted by Crippen LogP contribution is 2.42. The Labute approximate surface area is 140 Å². The SMILES string of the molecule is CCCCCCC1(CCCCCC)C(Br)N2CCN1CC2. The monoisotopic (exact) mass is 358 g/mol. The molecule has 124 valence electrons. The van der Waals surface area contributed by atoms with Gasteiger partial charge in [-0.25, -0.2) is 0 Å². The van der Waals surface area contributed by atoms with E-state index in [9.17, 15) is 0 Å². The van der Waals surface area contributed by atoms with Crippen molar-refractivity contribution in [3.05, 3.63) is 0 Å². The molecule has 2 bridgehead atoms. The van der Waals surface area contributed by atoms with Crippen LogP contribution in [0.25, 0.3) is 0 Å². The average molecular weight is 359 g/mol. The second kappa shape index (κ2) is 8.88. The molecule has 3 heterocycles. The minimum Gasteiger partial charge on any atom is -0.293 e. The van der Waals surface area contributed by atoms with E-state index in [0.29, 0.717) is 10.5 Å². The summed E-state index contributed by atoms with van der Waals surface area (Å²) in [5, 5.41) is 0. The van der Waals surface area contributed by atoms with E-state index < -0.39 is 0 Å². The third kappa shape index (κ3) is 4.23. The molecule has 0 spiro atoms. The lowest BCUT2D eigenvalue weighted by Crippen LogP contribution is -2.71. The Bertz CT molecular complexity index is 271. The Morgan fingerprint density at radius 1 is 0.810 bits per heavy atom. The lowest BCUT2D eigenvalue weighted by molar-refractivity contribution is -0.0772. The summed E-state index contributed by atoms with van der Waals surface area (Å²) in [6.45, 7) is 9.74. The molecule has 3 saturated heterocycles. The van der Waals surface area contributed by atoms with Crippen molar-refractivity contribution in [2.45, 2.75) is 88.5 Å². The van der Waals surface area contributed by atoms with Gasteiger partial charge in [-0.15, -0.1) is 0 Å². The van der Waals surface area contributed by atoms with Crippen molar-refractivity contribution >= 4 is 15.9 Å². The normalized spacial score (nSPS) is 30.7. The molecular formula is C18H35BrN2. The molecule has 1 unspecified atom stereocenters. The van der Waals surface area contributed by atoms with Gasteiger partial charge < -0.3 is 0 Å². The van der Waals surface area contributed by atoms with E-state index in [1.165, 1.54) is 90.4 Å². The molecule has 3 fully saturated rings.